The summed E-state index contributed by atoms with van der Waals surface area (Å²) in [5.41, 5.74) is 5.94. The normalized spacial score (nSPS) is 11.1. The molecule has 0 bridgehead atoms. The molecule has 1 aromatic rings. The first kappa shape index (κ1) is 14.0. The molecule has 0 aliphatic rings. The number of hydrogen-bond acceptors (Lipinski definition) is 4. The molecule has 5 heteroatoms. The molecule has 0 aliphatic heterocycles. The SMILES string of the molecule is CC(C)(C)OC(=O)c1cccc(CC(=O)O)c1N. The second-order valence-corrected chi connectivity index (χ2v) is 4.95. The van der Waals surface area contributed by atoms with E-state index in [-0.39, 0.29) is 17.7 Å². The summed E-state index contributed by atoms with van der Waals surface area (Å²) in [5.74, 6) is -1.55. The number of nitrogens with two attached hydrogens (primary N) is 1. The fourth-order valence-corrected chi connectivity index (χ4v) is 1.44. The van der Waals surface area contributed by atoms with Gasteiger partial charge in [0, 0.05) is 5.69 Å². The van der Waals surface area contributed by atoms with Gasteiger partial charge in [0.05, 0.1) is 12.0 Å². The quantitative estimate of drug-likeness (QED) is 0.632. The maximum Gasteiger partial charge on any atom is 0.340 e. The van der Waals surface area contributed by atoms with Crippen LogP contribution in [0.4, 0.5) is 5.69 Å². The molecule has 0 spiro atoms. The highest BCUT2D eigenvalue weighted by Crippen LogP contribution is 2.21. The molecule has 0 unspecified atom stereocenters. The van der Waals surface area contributed by atoms with Crippen molar-refractivity contribution < 1.29 is 19.4 Å². The second-order valence-electron chi connectivity index (χ2n) is 4.95. The number of aliphatic carboxylic acids is 1. The van der Waals surface area contributed by atoms with E-state index in [1.165, 1.54) is 6.07 Å². The van der Waals surface area contributed by atoms with Crippen molar-refractivity contribution >= 4 is 17.6 Å². The average molecular weight is 251 g/mol. The van der Waals surface area contributed by atoms with Crippen LogP contribution in [0, 0.1) is 0 Å². The molecule has 0 amide bonds. The Morgan fingerprint density at radius 1 is 1.33 bits per heavy atom. The molecule has 3 N–H and O–H groups in total. The van der Waals surface area contributed by atoms with E-state index in [1.54, 1.807) is 32.9 Å². The lowest BCUT2D eigenvalue weighted by Gasteiger charge is -2.20. The highest BCUT2D eigenvalue weighted by molar-refractivity contribution is 5.96. The van der Waals surface area contributed by atoms with E-state index in [0.29, 0.717) is 5.56 Å². The molecule has 0 aromatic heterocycles. The first-order valence-corrected chi connectivity index (χ1v) is 5.53. The van der Waals surface area contributed by atoms with E-state index >= 15 is 0 Å². The Hall–Kier alpha value is -2.04. The molecule has 18 heavy (non-hydrogen) atoms. The van der Waals surface area contributed by atoms with Crippen molar-refractivity contribution in [3.8, 4) is 0 Å². The van der Waals surface area contributed by atoms with Gasteiger partial charge in [0.1, 0.15) is 5.60 Å². The number of carbonyl (C=O) groups is 2. The monoisotopic (exact) mass is 251 g/mol. The second kappa shape index (κ2) is 5.08. The van der Waals surface area contributed by atoms with E-state index in [0.717, 1.165) is 0 Å². The van der Waals surface area contributed by atoms with Gasteiger partial charge in [0.25, 0.3) is 0 Å². The molecular formula is C13H17NO4. The van der Waals surface area contributed by atoms with Crippen molar-refractivity contribution in [2.75, 3.05) is 5.73 Å². The van der Waals surface area contributed by atoms with Crippen LogP contribution in [0.1, 0.15) is 36.7 Å². The molecule has 0 saturated heterocycles. The van der Waals surface area contributed by atoms with Crippen LogP contribution in [-0.4, -0.2) is 22.6 Å². The van der Waals surface area contributed by atoms with E-state index in [1.807, 2.05) is 0 Å². The van der Waals surface area contributed by atoms with Gasteiger partial charge in [-0.05, 0) is 32.4 Å². The van der Waals surface area contributed by atoms with Crippen LogP contribution < -0.4 is 5.73 Å². The predicted molar refractivity (Wildman–Crippen MR) is 67.4 cm³/mol. The number of ether oxygens (including phenoxy) is 1. The van der Waals surface area contributed by atoms with Gasteiger partial charge in [0.15, 0.2) is 0 Å². The van der Waals surface area contributed by atoms with E-state index in [9.17, 15) is 9.59 Å². The van der Waals surface area contributed by atoms with Gasteiger partial charge in [-0.2, -0.15) is 0 Å². The third kappa shape index (κ3) is 3.76. The van der Waals surface area contributed by atoms with E-state index < -0.39 is 17.5 Å². The summed E-state index contributed by atoms with van der Waals surface area (Å²) in [5, 5.41) is 8.74. The number of para-hydroxylation sites is 1. The molecule has 5 nitrogen and oxygen atoms in total. The third-order valence-corrected chi connectivity index (χ3v) is 2.16. The number of carboxylic acids is 1. The van der Waals surface area contributed by atoms with Crippen LogP contribution in [0.15, 0.2) is 18.2 Å². The highest BCUT2D eigenvalue weighted by atomic mass is 16.6. The number of hydrogen-bond donors (Lipinski definition) is 2. The fourth-order valence-electron chi connectivity index (χ4n) is 1.44. The molecule has 98 valence electrons. The zero-order chi connectivity index (χ0) is 13.9. The van der Waals surface area contributed by atoms with Gasteiger partial charge in [-0.1, -0.05) is 12.1 Å². The lowest BCUT2D eigenvalue weighted by Crippen LogP contribution is -2.24. The number of esters is 1. The number of rotatable bonds is 3. The molecule has 0 saturated carbocycles. The lowest BCUT2D eigenvalue weighted by molar-refractivity contribution is -0.136. The van der Waals surface area contributed by atoms with Crippen molar-refractivity contribution in [2.24, 2.45) is 0 Å². The van der Waals surface area contributed by atoms with Crippen molar-refractivity contribution in [3.63, 3.8) is 0 Å². The minimum atomic E-state index is -0.997. The summed E-state index contributed by atoms with van der Waals surface area (Å²) < 4.78 is 5.20. The van der Waals surface area contributed by atoms with E-state index in [2.05, 4.69) is 0 Å². The molecule has 0 atom stereocenters. The summed E-state index contributed by atoms with van der Waals surface area (Å²) in [6.07, 6.45) is -0.220. The molecule has 0 radical (unpaired) electrons. The fraction of sp³-hybridized carbons (Fsp3) is 0.385. The molecule has 0 aliphatic carbocycles. The Kier molecular flexibility index (Phi) is 3.96. The molecule has 0 fully saturated rings. The largest absolute Gasteiger partial charge is 0.481 e. The Morgan fingerprint density at radius 2 is 1.94 bits per heavy atom. The number of nitrogen functional groups attached to an aromatic ring is 1. The van der Waals surface area contributed by atoms with Gasteiger partial charge in [-0.3, -0.25) is 4.79 Å². The molecule has 1 rings (SSSR count). The van der Waals surface area contributed by atoms with Crippen LogP contribution in [-0.2, 0) is 16.0 Å². The van der Waals surface area contributed by atoms with Gasteiger partial charge in [-0.25, -0.2) is 4.79 Å². The van der Waals surface area contributed by atoms with Gasteiger partial charge >= 0.3 is 11.9 Å². The zero-order valence-electron chi connectivity index (χ0n) is 10.7. The van der Waals surface area contributed by atoms with Gasteiger partial charge in [-0.15, -0.1) is 0 Å². The Morgan fingerprint density at radius 3 is 2.44 bits per heavy atom. The highest BCUT2D eigenvalue weighted by Gasteiger charge is 2.21. The van der Waals surface area contributed by atoms with Gasteiger partial charge < -0.3 is 15.6 Å². The van der Waals surface area contributed by atoms with Crippen molar-refractivity contribution in [3.05, 3.63) is 29.3 Å². The van der Waals surface area contributed by atoms with Crippen molar-refractivity contribution in [2.45, 2.75) is 32.8 Å². The molecule has 1 aromatic carbocycles. The summed E-state index contributed by atoms with van der Waals surface area (Å²) in [6, 6.07) is 4.69. The summed E-state index contributed by atoms with van der Waals surface area (Å²) in [4.78, 5) is 22.5. The van der Waals surface area contributed by atoms with Crippen LogP contribution in [0.3, 0.4) is 0 Å². The Bertz CT molecular complexity index is 474. The number of carbonyl (C=O) groups excluding carboxylic acids is 1. The average Bonchev–Trinajstić information content (AvgIpc) is 2.17. The Labute approximate surface area is 106 Å². The summed E-state index contributed by atoms with van der Waals surface area (Å²) in [6.45, 7) is 5.26. The number of anilines is 1. The molecule has 0 heterocycles. The van der Waals surface area contributed by atoms with E-state index in [4.69, 9.17) is 15.6 Å². The van der Waals surface area contributed by atoms with Crippen LogP contribution >= 0.6 is 0 Å². The minimum absolute atomic E-state index is 0.161. The minimum Gasteiger partial charge on any atom is -0.481 e. The van der Waals surface area contributed by atoms with Crippen molar-refractivity contribution in [1.82, 2.24) is 0 Å². The summed E-state index contributed by atoms with van der Waals surface area (Å²) >= 11 is 0. The maximum atomic E-state index is 11.9. The van der Waals surface area contributed by atoms with Crippen LogP contribution in [0.2, 0.25) is 0 Å². The maximum absolute atomic E-state index is 11.9. The van der Waals surface area contributed by atoms with Crippen LogP contribution in [0.5, 0.6) is 0 Å². The topological polar surface area (TPSA) is 89.6 Å². The third-order valence-electron chi connectivity index (χ3n) is 2.16. The lowest BCUT2D eigenvalue weighted by atomic mass is 10.0. The first-order valence-electron chi connectivity index (χ1n) is 5.53. The zero-order valence-corrected chi connectivity index (χ0v) is 10.7. The predicted octanol–water partition coefficient (Wildman–Crippen LogP) is 1.85. The van der Waals surface area contributed by atoms with Crippen LogP contribution in [0.25, 0.3) is 0 Å². The molecular weight excluding hydrogens is 234 g/mol. The smallest absolute Gasteiger partial charge is 0.340 e. The number of benzene rings is 1. The first-order chi connectivity index (χ1) is 8.20. The Balaban J connectivity index is 3.03. The van der Waals surface area contributed by atoms with Gasteiger partial charge in [0.2, 0.25) is 0 Å². The standard InChI is InChI=1S/C13H17NO4/c1-13(2,3)18-12(17)9-6-4-5-8(11(9)14)7-10(15)16/h4-6H,7,14H2,1-3H3,(H,15,16). The number of carboxylic acid groups (broad SMARTS) is 1. The summed E-state index contributed by atoms with van der Waals surface area (Å²) in [7, 11) is 0. The van der Waals surface area contributed by atoms with Crippen molar-refractivity contribution in [1.29, 1.82) is 0 Å².